The summed E-state index contributed by atoms with van der Waals surface area (Å²) in [7, 11) is 4.20. The van der Waals surface area contributed by atoms with Crippen molar-refractivity contribution in [3.63, 3.8) is 0 Å². The summed E-state index contributed by atoms with van der Waals surface area (Å²) in [5.74, 6) is 0.771. The molecule has 1 amide bonds. The third kappa shape index (κ3) is 3.75. The van der Waals surface area contributed by atoms with Gasteiger partial charge >= 0.3 is 0 Å². The van der Waals surface area contributed by atoms with Crippen LogP contribution < -0.4 is 0 Å². The van der Waals surface area contributed by atoms with Gasteiger partial charge in [-0.15, -0.1) is 0 Å². The number of rotatable bonds is 4. The van der Waals surface area contributed by atoms with Gasteiger partial charge in [-0.3, -0.25) is 14.6 Å². The van der Waals surface area contributed by atoms with Crippen LogP contribution in [0.4, 0.5) is 0 Å². The number of hydrogen-bond acceptors (Lipinski definition) is 3. The highest BCUT2D eigenvalue weighted by atomic mass is 16.2. The molecule has 0 bridgehead atoms. The lowest BCUT2D eigenvalue weighted by Gasteiger charge is -2.51. The fourth-order valence-corrected chi connectivity index (χ4v) is 4.59. The van der Waals surface area contributed by atoms with Crippen LogP contribution in [0, 0.1) is 5.92 Å². The van der Waals surface area contributed by atoms with Gasteiger partial charge in [0, 0.05) is 38.8 Å². The molecule has 1 aromatic carbocycles. The second kappa shape index (κ2) is 7.46. The van der Waals surface area contributed by atoms with Gasteiger partial charge in [-0.1, -0.05) is 38.1 Å². The Labute approximate surface area is 152 Å². The number of likely N-dealkylation sites (tertiary alicyclic amines) is 1. The third-order valence-corrected chi connectivity index (χ3v) is 6.07. The van der Waals surface area contributed by atoms with Crippen LogP contribution in [-0.4, -0.2) is 67.4 Å². The lowest BCUT2D eigenvalue weighted by molar-refractivity contribution is -0.132. The highest BCUT2D eigenvalue weighted by Crippen LogP contribution is 2.42. The van der Waals surface area contributed by atoms with E-state index in [0.29, 0.717) is 12.5 Å². The van der Waals surface area contributed by atoms with Crippen molar-refractivity contribution in [2.75, 3.05) is 46.8 Å². The Morgan fingerprint density at radius 2 is 1.88 bits per heavy atom. The number of nitrogens with zero attached hydrogens (tertiary/aromatic N) is 3. The summed E-state index contributed by atoms with van der Waals surface area (Å²) < 4.78 is 0. The average molecular weight is 344 g/mol. The van der Waals surface area contributed by atoms with E-state index in [2.05, 4.69) is 55.0 Å². The summed E-state index contributed by atoms with van der Waals surface area (Å²) >= 11 is 0. The van der Waals surface area contributed by atoms with E-state index in [1.54, 1.807) is 0 Å². The van der Waals surface area contributed by atoms with E-state index in [1.165, 1.54) is 11.1 Å². The highest BCUT2D eigenvalue weighted by molar-refractivity contribution is 5.78. The van der Waals surface area contributed by atoms with Crippen molar-refractivity contribution in [3.05, 3.63) is 35.4 Å². The van der Waals surface area contributed by atoms with Gasteiger partial charge in [-0.2, -0.15) is 0 Å². The van der Waals surface area contributed by atoms with Crippen LogP contribution in [0.25, 0.3) is 0 Å². The average Bonchev–Trinajstić information content (AvgIpc) is 2.59. The molecule has 4 nitrogen and oxygen atoms in total. The van der Waals surface area contributed by atoms with Gasteiger partial charge in [-0.25, -0.2) is 0 Å². The van der Waals surface area contributed by atoms with Crippen molar-refractivity contribution >= 4 is 5.91 Å². The zero-order chi connectivity index (χ0) is 18.0. The molecule has 0 radical (unpaired) electrons. The lowest BCUT2D eigenvalue weighted by atomic mass is 9.74. The number of carbonyl (C=O) groups excluding carboxylic acids is 1. The first-order chi connectivity index (χ1) is 11.9. The quantitative estimate of drug-likeness (QED) is 0.841. The van der Waals surface area contributed by atoms with Crippen LogP contribution in [0.15, 0.2) is 24.3 Å². The smallest absolute Gasteiger partial charge is 0.236 e. The van der Waals surface area contributed by atoms with Gasteiger partial charge in [0.15, 0.2) is 0 Å². The summed E-state index contributed by atoms with van der Waals surface area (Å²) in [4.78, 5) is 19.2. The molecule has 2 aliphatic heterocycles. The van der Waals surface area contributed by atoms with Crippen molar-refractivity contribution in [1.82, 2.24) is 14.7 Å². The Morgan fingerprint density at radius 1 is 1.20 bits per heavy atom. The number of amides is 1. The van der Waals surface area contributed by atoms with Gasteiger partial charge < -0.3 is 4.90 Å². The van der Waals surface area contributed by atoms with Crippen molar-refractivity contribution in [2.45, 2.75) is 38.6 Å². The van der Waals surface area contributed by atoms with E-state index in [-0.39, 0.29) is 11.4 Å². The number of likely N-dealkylation sites (N-methyl/N-ethyl adjacent to an activating group) is 2. The van der Waals surface area contributed by atoms with Gasteiger partial charge in [0.1, 0.15) is 0 Å². The molecular weight excluding hydrogens is 310 g/mol. The molecule has 0 saturated carbocycles. The Balaban J connectivity index is 1.65. The minimum Gasteiger partial charge on any atom is -0.344 e. The Bertz CT molecular complexity index is 605. The maximum atomic E-state index is 12.5. The van der Waals surface area contributed by atoms with Crippen LogP contribution >= 0.6 is 0 Å². The highest BCUT2D eigenvalue weighted by Gasteiger charge is 2.43. The molecule has 1 fully saturated rings. The van der Waals surface area contributed by atoms with Gasteiger partial charge in [0.25, 0.3) is 0 Å². The van der Waals surface area contributed by atoms with Crippen LogP contribution in [-0.2, 0) is 16.8 Å². The molecule has 0 aliphatic carbocycles. The Morgan fingerprint density at radius 3 is 2.56 bits per heavy atom. The minimum atomic E-state index is 0.165. The predicted molar refractivity (Wildman–Crippen MR) is 103 cm³/mol. The van der Waals surface area contributed by atoms with E-state index >= 15 is 0 Å². The van der Waals surface area contributed by atoms with E-state index in [0.717, 1.165) is 45.4 Å². The molecule has 2 aliphatic rings. The molecule has 25 heavy (non-hydrogen) atoms. The van der Waals surface area contributed by atoms with Crippen LogP contribution in [0.1, 0.15) is 37.8 Å². The van der Waals surface area contributed by atoms with E-state index < -0.39 is 0 Å². The molecule has 0 N–H and O–H groups in total. The Kier molecular flexibility index (Phi) is 5.49. The zero-order valence-electron chi connectivity index (χ0n) is 16.3. The maximum Gasteiger partial charge on any atom is 0.236 e. The number of benzene rings is 1. The first-order valence-electron chi connectivity index (χ1n) is 9.68. The SMILES string of the molecule is CC(C)CN(C)C(=O)CN1CCC2(CC1)c1ccccc1CCN2C. The lowest BCUT2D eigenvalue weighted by Crippen LogP contribution is -2.55. The van der Waals surface area contributed by atoms with Gasteiger partial charge in [0.2, 0.25) is 5.91 Å². The van der Waals surface area contributed by atoms with E-state index in [9.17, 15) is 4.79 Å². The van der Waals surface area contributed by atoms with Crippen LogP contribution in [0.2, 0.25) is 0 Å². The normalized spacial score (nSPS) is 20.7. The largest absolute Gasteiger partial charge is 0.344 e. The molecule has 0 aromatic heterocycles. The Hall–Kier alpha value is -1.39. The topological polar surface area (TPSA) is 26.8 Å². The van der Waals surface area contributed by atoms with Crippen molar-refractivity contribution in [1.29, 1.82) is 0 Å². The molecule has 0 atom stereocenters. The fraction of sp³-hybridized carbons (Fsp3) is 0.667. The zero-order valence-corrected chi connectivity index (χ0v) is 16.3. The second-order valence-electron chi connectivity index (χ2n) is 8.30. The van der Waals surface area contributed by atoms with Crippen molar-refractivity contribution in [3.8, 4) is 0 Å². The molecule has 1 spiro atoms. The molecule has 0 unspecified atom stereocenters. The number of piperidine rings is 1. The number of fused-ring (bicyclic) bond motifs is 2. The molecule has 1 aromatic rings. The van der Waals surface area contributed by atoms with Crippen LogP contribution in [0.3, 0.4) is 0 Å². The standard InChI is InChI=1S/C21H33N3O/c1-17(2)15-22(3)20(25)16-24-13-10-21(11-14-24)19-8-6-5-7-18(19)9-12-23(21)4/h5-8,17H,9-16H2,1-4H3. The van der Waals surface area contributed by atoms with E-state index in [1.807, 2.05) is 11.9 Å². The fourth-order valence-electron chi connectivity index (χ4n) is 4.59. The summed E-state index contributed by atoms with van der Waals surface area (Å²) in [6.45, 7) is 8.85. The molecule has 3 rings (SSSR count). The third-order valence-electron chi connectivity index (χ3n) is 6.07. The minimum absolute atomic E-state index is 0.165. The predicted octanol–water partition coefficient (Wildman–Crippen LogP) is 2.58. The molecular formula is C21H33N3O. The summed E-state index contributed by atoms with van der Waals surface area (Å²) in [5, 5.41) is 0. The van der Waals surface area contributed by atoms with Crippen LogP contribution in [0.5, 0.6) is 0 Å². The summed E-state index contributed by atoms with van der Waals surface area (Å²) in [6.07, 6.45) is 3.37. The number of carbonyl (C=O) groups is 1. The van der Waals surface area contributed by atoms with Gasteiger partial charge in [-0.05, 0) is 43.4 Å². The maximum absolute atomic E-state index is 12.5. The molecule has 138 valence electrons. The molecule has 4 heteroatoms. The first-order valence-corrected chi connectivity index (χ1v) is 9.68. The van der Waals surface area contributed by atoms with Crippen molar-refractivity contribution < 1.29 is 4.79 Å². The van der Waals surface area contributed by atoms with E-state index in [4.69, 9.17) is 0 Å². The first kappa shape index (κ1) is 18.4. The monoisotopic (exact) mass is 343 g/mol. The number of hydrogen-bond donors (Lipinski definition) is 0. The molecule has 1 saturated heterocycles. The van der Waals surface area contributed by atoms with Crippen molar-refractivity contribution in [2.24, 2.45) is 5.92 Å². The van der Waals surface area contributed by atoms with Gasteiger partial charge in [0.05, 0.1) is 6.54 Å². The summed E-state index contributed by atoms with van der Waals surface area (Å²) in [5.41, 5.74) is 3.20. The molecule has 2 heterocycles. The second-order valence-corrected chi connectivity index (χ2v) is 8.30. The summed E-state index contributed by atoms with van der Waals surface area (Å²) in [6, 6.07) is 8.95.